The molecule has 0 bridgehead atoms. The summed E-state index contributed by atoms with van der Waals surface area (Å²) in [6.45, 7) is 0. The van der Waals surface area contributed by atoms with Crippen LogP contribution in [0.5, 0.6) is 0 Å². The molecule has 1 aromatic heterocycles. The molecule has 0 aliphatic heterocycles. The van der Waals surface area contributed by atoms with Crippen molar-refractivity contribution in [2.75, 3.05) is 5.73 Å². The summed E-state index contributed by atoms with van der Waals surface area (Å²) < 4.78 is 19.6. The first-order valence-electron chi connectivity index (χ1n) is 5.78. The topological polar surface area (TPSA) is 64.9 Å². The molecule has 3 aromatic rings. The van der Waals surface area contributed by atoms with Gasteiger partial charge in [-0.25, -0.2) is 4.39 Å². The third kappa shape index (κ3) is 2.42. The lowest BCUT2D eigenvalue weighted by Crippen LogP contribution is -1.87. The molecule has 0 aliphatic carbocycles. The zero-order valence-corrected chi connectivity index (χ0v) is 11.8. The Balaban J connectivity index is 2.04. The summed E-state index contributed by atoms with van der Waals surface area (Å²) in [7, 11) is 0. The second kappa shape index (κ2) is 5.05. The Kier molecular flexibility index (Phi) is 3.23. The molecule has 0 atom stereocenters. The molecule has 6 heteroatoms. The van der Waals surface area contributed by atoms with E-state index in [0.717, 1.165) is 10.0 Å². The van der Waals surface area contributed by atoms with E-state index in [1.165, 1.54) is 6.07 Å². The first kappa shape index (κ1) is 12.8. The average Bonchev–Trinajstić information content (AvgIpc) is 2.91. The van der Waals surface area contributed by atoms with Crippen molar-refractivity contribution in [3.63, 3.8) is 0 Å². The van der Waals surface area contributed by atoms with Crippen LogP contribution in [-0.4, -0.2) is 10.1 Å². The van der Waals surface area contributed by atoms with Gasteiger partial charge in [0.1, 0.15) is 5.82 Å². The van der Waals surface area contributed by atoms with Gasteiger partial charge in [0.05, 0.1) is 5.56 Å². The number of nitrogens with zero attached hydrogens (tertiary/aromatic N) is 2. The second-order valence-corrected chi connectivity index (χ2v) is 5.09. The molecule has 0 spiro atoms. The summed E-state index contributed by atoms with van der Waals surface area (Å²) in [4.78, 5) is 4.20. The van der Waals surface area contributed by atoms with Gasteiger partial charge in [0.2, 0.25) is 5.82 Å². The number of anilines is 1. The van der Waals surface area contributed by atoms with Crippen molar-refractivity contribution in [3.8, 4) is 22.8 Å². The minimum Gasteiger partial charge on any atom is -0.399 e. The van der Waals surface area contributed by atoms with Crippen LogP contribution < -0.4 is 5.73 Å². The van der Waals surface area contributed by atoms with Gasteiger partial charge < -0.3 is 10.3 Å². The Hall–Kier alpha value is -2.21. The van der Waals surface area contributed by atoms with Gasteiger partial charge in [-0.1, -0.05) is 33.2 Å². The van der Waals surface area contributed by atoms with E-state index < -0.39 is 5.82 Å². The Morgan fingerprint density at radius 2 is 2.00 bits per heavy atom. The molecule has 0 radical (unpaired) electrons. The van der Waals surface area contributed by atoms with E-state index in [1.807, 2.05) is 6.07 Å². The molecule has 0 aliphatic rings. The smallest absolute Gasteiger partial charge is 0.261 e. The van der Waals surface area contributed by atoms with Gasteiger partial charge in [0, 0.05) is 15.7 Å². The summed E-state index contributed by atoms with van der Waals surface area (Å²) in [6.07, 6.45) is 0. The summed E-state index contributed by atoms with van der Waals surface area (Å²) in [5.74, 6) is 0.0730. The highest BCUT2D eigenvalue weighted by Crippen LogP contribution is 2.27. The molecule has 0 unspecified atom stereocenters. The fourth-order valence-corrected chi connectivity index (χ4v) is 2.15. The van der Waals surface area contributed by atoms with E-state index in [2.05, 4.69) is 26.1 Å². The number of benzene rings is 2. The lowest BCUT2D eigenvalue weighted by Gasteiger charge is -1.97. The Bertz CT molecular complexity index is 773. The molecule has 4 nitrogen and oxygen atoms in total. The molecule has 0 saturated carbocycles. The monoisotopic (exact) mass is 333 g/mol. The second-order valence-electron chi connectivity index (χ2n) is 4.17. The maximum Gasteiger partial charge on any atom is 0.261 e. The SMILES string of the molecule is Nc1cccc(-c2noc(-c3cc(Br)ccc3F)n2)c1. The summed E-state index contributed by atoms with van der Waals surface area (Å²) >= 11 is 3.28. The molecule has 0 saturated heterocycles. The van der Waals surface area contributed by atoms with E-state index in [0.29, 0.717) is 11.5 Å². The summed E-state index contributed by atoms with van der Waals surface area (Å²) in [6, 6.07) is 11.6. The summed E-state index contributed by atoms with van der Waals surface area (Å²) in [5.41, 5.74) is 7.27. The lowest BCUT2D eigenvalue weighted by molar-refractivity contribution is 0.429. The molecule has 2 aromatic carbocycles. The van der Waals surface area contributed by atoms with Gasteiger partial charge in [-0.2, -0.15) is 4.98 Å². The quantitative estimate of drug-likeness (QED) is 0.722. The van der Waals surface area contributed by atoms with Gasteiger partial charge in [-0.3, -0.25) is 0 Å². The minimum atomic E-state index is -0.420. The van der Waals surface area contributed by atoms with Gasteiger partial charge in [0.15, 0.2) is 0 Å². The normalized spacial score (nSPS) is 10.7. The fraction of sp³-hybridized carbons (Fsp3) is 0. The van der Waals surface area contributed by atoms with E-state index in [9.17, 15) is 4.39 Å². The molecule has 100 valence electrons. The molecular formula is C14H9BrFN3O. The number of rotatable bonds is 2. The van der Waals surface area contributed by atoms with E-state index >= 15 is 0 Å². The maximum atomic E-state index is 13.8. The Morgan fingerprint density at radius 3 is 2.80 bits per heavy atom. The average molecular weight is 334 g/mol. The predicted molar refractivity (Wildman–Crippen MR) is 77.2 cm³/mol. The fourth-order valence-electron chi connectivity index (χ4n) is 1.79. The van der Waals surface area contributed by atoms with Crippen molar-refractivity contribution in [1.82, 2.24) is 10.1 Å². The zero-order chi connectivity index (χ0) is 14.1. The highest BCUT2D eigenvalue weighted by Gasteiger charge is 2.14. The molecule has 3 rings (SSSR count). The van der Waals surface area contributed by atoms with Crippen molar-refractivity contribution in [1.29, 1.82) is 0 Å². The Labute approximate surface area is 122 Å². The van der Waals surface area contributed by atoms with Crippen LogP contribution in [0.4, 0.5) is 10.1 Å². The highest BCUT2D eigenvalue weighted by molar-refractivity contribution is 9.10. The highest BCUT2D eigenvalue weighted by atomic mass is 79.9. The summed E-state index contributed by atoms with van der Waals surface area (Å²) in [5, 5.41) is 3.85. The number of hydrogen-bond donors (Lipinski definition) is 1. The number of nitrogen functional groups attached to an aromatic ring is 1. The molecule has 1 heterocycles. The van der Waals surface area contributed by atoms with Crippen molar-refractivity contribution >= 4 is 21.6 Å². The van der Waals surface area contributed by atoms with Crippen molar-refractivity contribution in [2.45, 2.75) is 0 Å². The van der Waals surface area contributed by atoms with Crippen molar-refractivity contribution < 1.29 is 8.91 Å². The standard InChI is InChI=1S/C14H9BrFN3O/c15-9-4-5-12(16)11(7-9)14-18-13(19-20-14)8-2-1-3-10(17)6-8/h1-7H,17H2. The van der Waals surface area contributed by atoms with Gasteiger partial charge >= 0.3 is 0 Å². The van der Waals surface area contributed by atoms with Crippen LogP contribution in [0.2, 0.25) is 0 Å². The van der Waals surface area contributed by atoms with Crippen molar-refractivity contribution in [2.24, 2.45) is 0 Å². The first-order chi connectivity index (χ1) is 9.63. The predicted octanol–water partition coefficient (Wildman–Crippen LogP) is 3.89. The van der Waals surface area contributed by atoms with E-state index in [4.69, 9.17) is 10.3 Å². The number of nitrogens with two attached hydrogens (primary N) is 1. The number of halogens is 2. The van der Waals surface area contributed by atoms with Crippen molar-refractivity contribution in [3.05, 3.63) is 52.8 Å². The first-order valence-corrected chi connectivity index (χ1v) is 6.58. The largest absolute Gasteiger partial charge is 0.399 e. The van der Waals surface area contributed by atoms with Gasteiger partial charge in [-0.05, 0) is 30.3 Å². The van der Waals surface area contributed by atoms with Crippen LogP contribution in [0.15, 0.2) is 51.5 Å². The lowest BCUT2D eigenvalue weighted by atomic mass is 10.2. The molecular weight excluding hydrogens is 325 g/mol. The van der Waals surface area contributed by atoms with Gasteiger partial charge in [-0.15, -0.1) is 0 Å². The van der Waals surface area contributed by atoms with Crippen LogP contribution in [0.25, 0.3) is 22.8 Å². The molecule has 20 heavy (non-hydrogen) atoms. The van der Waals surface area contributed by atoms with Crippen LogP contribution in [0.1, 0.15) is 0 Å². The van der Waals surface area contributed by atoms with Crippen LogP contribution in [-0.2, 0) is 0 Å². The van der Waals surface area contributed by atoms with Crippen LogP contribution >= 0.6 is 15.9 Å². The number of aromatic nitrogens is 2. The third-order valence-electron chi connectivity index (χ3n) is 2.73. The molecule has 2 N–H and O–H groups in total. The number of hydrogen-bond acceptors (Lipinski definition) is 4. The van der Waals surface area contributed by atoms with Crippen LogP contribution in [0.3, 0.4) is 0 Å². The van der Waals surface area contributed by atoms with E-state index in [1.54, 1.807) is 30.3 Å². The maximum absolute atomic E-state index is 13.8. The van der Waals surface area contributed by atoms with Gasteiger partial charge in [0.25, 0.3) is 5.89 Å². The van der Waals surface area contributed by atoms with Crippen LogP contribution in [0, 0.1) is 5.82 Å². The Morgan fingerprint density at radius 1 is 1.15 bits per heavy atom. The van der Waals surface area contributed by atoms with E-state index in [-0.39, 0.29) is 11.5 Å². The zero-order valence-electron chi connectivity index (χ0n) is 10.2. The molecule has 0 fully saturated rings. The molecule has 0 amide bonds. The minimum absolute atomic E-state index is 0.126. The third-order valence-corrected chi connectivity index (χ3v) is 3.22.